The summed E-state index contributed by atoms with van der Waals surface area (Å²) in [4.78, 5) is 23.8. The van der Waals surface area contributed by atoms with E-state index < -0.39 is 23.7 Å². The molecular weight excluding hydrogens is 341 g/mol. The molecule has 0 bridgehead atoms. The molecule has 0 atom stereocenters. The zero-order chi connectivity index (χ0) is 17.6. The molecule has 8 heteroatoms. The van der Waals surface area contributed by atoms with Crippen LogP contribution in [0.2, 0.25) is 0 Å². The van der Waals surface area contributed by atoms with Gasteiger partial charge in [0.1, 0.15) is 0 Å². The van der Waals surface area contributed by atoms with Crippen molar-refractivity contribution in [3.05, 3.63) is 29.8 Å². The van der Waals surface area contributed by atoms with E-state index in [1.165, 1.54) is 12.1 Å². The molecule has 24 heavy (non-hydrogen) atoms. The van der Waals surface area contributed by atoms with Gasteiger partial charge in [-0.25, -0.2) is 4.79 Å². The van der Waals surface area contributed by atoms with E-state index >= 15 is 0 Å². The molecule has 1 aromatic carbocycles. The van der Waals surface area contributed by atoms with Gasteiger partial charge in [-0.15, -0.1) is 11.8 Å². The number of urea groups is 1. The summed E-state index contributed by atoms with van der Waals surface area (Å²) in [6, 6.07) is 4.29. The van der Waals surface area contributed by atoms with Gasteiger partial charge in [0.05, 0.1) is 11.3 Å². The Morgan fingerprint density at radius 3 is 2.54 bits per heavy atom. The van der Waals surface area contributed by atoms with Crippen LogP contribution in [0.25, 0.3) is 0 Å². The van der Waals surface area contributed by atoms with Gasteiger partial charge in [-0.3, -0.25) is 10.1 Å². The number of rotatable bonds is 4. The maximum absolute atomic E-state index is 12.6. The van der Waals surface area contributed by atoms with E-state index in [-0.39, 0.29) is 11.8 Å². The van der Waals surface area contributed by atoms with Crippen LogP contribution in [0.5, 0.6) is 0 Å². The predicted octanol–water partition coefficient (Wildman–Crippen LogP) is 3.96. The number of thioether (sulfide) groups is 1. The van der Waals surface area contributed by atoms with Gasteiger partial charge in [-0.2, -0.15) is 13.2 Å². The lowest BCUT2D eigenvalue weighted by molar-refractivity contribution is -0.137. The van der Waals surface area contributed by atoms with Crippen LogP contribution in [0.1, 0.15) is 37.7 Å². The molecule has 132 valence electrons. The van der Waals surface area contributed by atoms with E-state index in [9.17, 15) is 22.8 Å². The number of benzene rings is 1. The highest BCUT2D eigenvalue weighted by Crippen LogP contribution is 2.31. The Hall–Kier alpha value is -1.70. The summed E-state index contributed by atoms with van der Waals surface area (Å²) >= 11 is 0.955. The van der Waals surface area contributed by atoms with Crippen LogP contribution < -0.4 is 10.6 Å². The van der Waals surface area contributed by atoms with Gasteiger partial charge in [-0.05, 0) is 31.0 Å². The summed E-state index contributed by atoms with van der Waals surface area (Å²) in [7, 11) is 0. The minimum absolute atomic E-state index is 0.0858. The number of hydrogen-bond acceptors (Lipinski definition) is 3. The van der Waals surface area contributed by atoms with Gasteiger partial charge in [0.2, 0.25) is 5.91 Å². The summed E-state index contributed by atoms with van der Waals surface area (Å²) in [6.45, 7) is 0. The third kappa shape index (κ3) is 6.07. The van der Waals surface area contributed by atoms with Crippen molar-refractivity contribution in [3.8, 4) is 0 Å². The SMILES string of the molecule is O=C(CSc1cccc(C(F)(F)F)c1)NC(=O)NC1CCCCC1. The molecule has 0 radical (unpaired) electrons. The third-order valence-electron chi connectivity index (χ3n) is 3.72. The number of imide groups is 1. The molecule has 0 heterocycles. The van der Waals surface area contributed by atoms with E-state index in [0.717, 1.165) is 56.0 Å². The molecule has 1 aliphatic rings. The van der Waals surface area contributed by atoms with E-state index in [1.807, 2.05) is 0 Å². The van der Waals surface area contributed by atoms with E-state index in [4.69, 9.17) is 0 Å². The highest BCUT2D eigenvalue weighted by molar-refractivity contribution is 8.00. The number of nitrogens with one attached hydrogen (secondary N) is 2. The molecule has 0 spiro atoms. The van der Waals surface area contributed by atoms with Crippen molar-refractivity contribution >= 4 is 23.7 Å². The highest BCUT2D eigenvalue weighted by atomic mass is 32.2. The fourth-order valence-corrected chi connectivity index (χ4v) is 3.30. The number of amides is 3. The molecule has 0 aromatic heterocycles. The summed E-state index contributed by atoms with van der Waals surface area (Å²) in [5.74, 6) is -0.662. The maximum atomic E-state index is 12.6. The minimum atomic E-state index is -4.42. The average molecular weight is 360 g/mol. The van der Waals surface area contributed by atoms with Gasteiger partial charge in [0, 0.05) is 10.9 Å². The fourth-order valence-electron chi connectivity index (χ4n) is 2.54. The van der Waals surface area contributed by atoms with Gasteiger partial charge < -0.3 is 5.32 Å². The number of halogens is 3. The van der Waals surface area contributed by atoms with Crippen LogP contribution in [0, 0.1) is 0 Å². The number of carbonyl (C=O) groups excluding carboxylic acids is 2. The molecule has 1 aromatic rings. The first-order valence-corrected chi connectivity index (χ1v) is 8.73. The quantitative estimate of drug-likeness (QED) is 0.799. The molecule has 2 rings (SSSR count). The first-order chi connectivity index (χ1) is 11.3. The Labute approximate surface area is 142 Å². The van der Waals surface area contributed by atoms with Crippen LogP contribution in [0.4, 0.5) is 18.0 Å². The summed E-state index contributed by atoms with van der Waals surface area (Å²) in [6.07, 6.45) is 0.668. The molecule has 0 aliphatic heterocycles. The normalized spacial score (nSPS) is 15.8. The average Bonchev–Trinajstić information content (AvgIpc) is 2.53. The second-order valence-corrected chi connectivity index (χ2v) is 6.72. The van der Waals surface area contributed by atoms with Gasteiger partial charge >= 0.3 is 12.2 Å². The topological polar surface area (TPSA) is 58.2 Å². The number of alkyl halides is 3. The zero-order valence-corrected chi connectivity index (χ0v) is 13.8. The molecule has 1 aliphatic carbocycles. The Balaban J connectivity index is 1.77. The van der Waals surface area contributed by atoms with E-state index in [2.05, 4.69) is 10.6 Å². The van der Waals surface area contributed by atoms with Gasteiger partial charge in [0.15, 0.2) is 0 Å². The van der Waals surface area contributed by atoms with E-state index in [1.54, 1.807) is 0 Å². The van der Waals surface area contributed by atoms with Crippen molar-refractivity contribution in [3.63, 3.8) is 0 Å². The number of carbonyl (C=O) groups is 2. The van der Waals surface area contributed by atoms with Crippen molar-refractivity contribution in [2.75, 3.05) is 5.75 Å². The van der Waals surface area contributed by atoms with Crippen LogP contribution in [-0.2, 0) is 11.0 Å². The first kappa shape index (κ1) is 18.6. The van der Waals surface area contributed by atoms with E-state index in [0.29, 0.717) is 4.90 Å². The molecule has 4 nitrogen and oxygen atoms in total. The predicted molar refractivity (Wildman–Crippen MR) is 85.7 cm³/mol. The summed E-state index contributed by atoms with van der Waals surface area (Å²) in [5, 5.41) is 4.96. The van der Waals surface area contributed by atoms with Crippen molar-refractivity contribution in [2.24, 2.45) is 0 Å². The second kappa shape index (κ2) is 8.41. The monoisotopic (exact) mass is 360 g/mol. The zero-order valence-electron chi connectivity index (χ0n) is 13.0. The molecule has 3 amide bonds. The third-order valence-corrected chi connectivity index (χ3v) is 4.72. The summed E-state index contributed by atoms with van der Waals surface area (Å²) in [5.41, 5.74) is -0.761. The second-order valence-electron chi connectivity index (χ2n) is 5.67. The molecule has 1 fully saturated rings. The minimum Gasteiger partial charge on any atom is -0.335 e. The standard InChI is InChI=1S/C16H19F3N2O2S/c17-16(18,19)11-5-4-8-13(9-11)24-10-14(22)21-15(23)20-12-6-2-1-3-7-12/h4-5,8-9,12H,1-3,6-7,10H2,(H2,20,21,22,23). The maximum Gasteiger partial charge on any atom is 0.416 e. The molecule has 0 unspecified atom stereocenters. The largest absolute Gasteiger partial charge is 0.416 e. The van der Waals surface area contributed by atoms with Crippen LogP contribution >= 0.6 is 11.8 Å². The van der Waals surface area contributed by atoms with Gasteiger partial charge in [0.25, 0.3) is 0 Å². The number of hydrogen-bond donors (Lipinski definition) is 2. The van der Waals surface area contributed by atoms with Crippen molar-refractivity contribution in [1.29, 1.82) is 0 Å². The highest BCUT2D eigenvalue weighted by Gasteiger charge is 2.30. The molecule has 1 saturated carbocycles. The molecular formula is C16H19F3N2O2S. The lowest BCUT2D eigenvalue weighted by Crippen LogP contribution is -2.45. The molecule has 2 N–H and O–H groups in total. The first-order valence-electron chi connectivity index (χ1n) is 7.75. The lowest BCUT2D eigenvalue weighted by Gasteiger charge is -2.22. The van der Waals surface area contributed by atoms with Crippen molar-refractivity contribution in [2.45, 2.75) is 49.2 Å². The smallest absolute Gasteiger partial charge is 0.335 e. The van der Waals surface area contributed by atoms with Crippen LogP contribution in [-0.4, -0.2) is 23.7 Å². The fraction of sp³-hybridized carbons (Fsp3) is 0.500. The Morgan fingerprint density at radius 2 is 1.88 bits per heavy atom. The van der Waals surface area contributed by atoms with Crippen molar-refractivity contribution in [1.82, 2.24) is 10.6 Å². The van der Waals surface area contributed by atoms with Crippen molar-refractivity contribution < 1.29 is 22.8 Å². The van der Waals surface area contributed by atoms with Gasteiger partial charge in [-0.1, -0.05) is 25.3 Å². The summed E-state index contributed by atoms with van der Waals surface area (Å²) < 4.78 is 37.9. The van der Waals surface area contributed by atoms with Crippen LogP contribution in [0.15, 0.2) is 29.2 Å². The Morgan fingerprint density at radius 1 is 1.17 bits per heavy atom. The Kier molecular flexibility index (Phi) is 6.53. The molecule has 0 saturated heterocycles. The lowest BCUT2D eigenvalue weighted by atomic mass is 9.96. The Bertz CT molecular complexity index is 587. The van der Waals surface area contributed by atoms with Crippen LogP contribution in [0.3, 0.4) is 0 Å².